The highest BCUT2D eigenvalue weighted by Crippen LogP contribution is 2.35. The highest BCUT2D eigenvalue weighted by molar-refractivity contribution is 6.31. The van der Waals surface area contributed by atoms with Crippen LogP contribution in [0.25, 0.3) is 6.08 Å². The average Bonchev–Trinajstić information content (AvgIpc) is 3.13. The number of hydrogen-bond donors (Lipinski definition) is 2. The summed E-state index contributed by atoms with van der Waals surface area (Å²) in [5.41, 5.74) is 2.17. The number of phenols is 1. The molecule has 2 N–H and O–H groups in total. The van der Waals surface area contributed by atoms with Gasteiger partial charge in [-0.2, -0.15) is 0 Å². The topological polar surface area (TPSA) is 86.7 Å². The predicted octanol–water partition coefficient (Wildman–Crippen LogP) is 4.04. The largest absolute Gasteiger partial charge is 0.507 e. The van der Waals surface area contributed by atoms with Crippen molar-refractivity contribution in [2.75, 3.05) is 0 Å². The van der Waals surface area contributed by atoms with Crippen molar-refractivity contribution in [3.8, 4) is 5.75 Å². The summed E-state index contributed by atoms with van der Waals surface area (Å²) in [6.07, 6.45) is 5.03. The van der Waals surface area contributed by atoms with E-state index in [1.165, 1.54) is 11.0 Å². The van der Waals surface area contributed by atoms with Gasteiger partial charge in [-0.1, -0.05) is 40.5 Å². The molecule has 6 heteroatoms. The number of amides is 4. The number of imide groups is 2. The number of phenolic OH excluding ortho intramolecular Hbond substituents is 1. The normalized spacial score (nSPS) is 20.0. The highest BCUT2D eigenvalue weighted by Gasteiger charge is 2.40. The molecular formula is C22H28N2O4. The molecule has 1 aliphatic heterocycles. The second-order valence-corrected chi connectivity index (χ2v) is 8.29. The number of rotatable bonds is 4. The number of benzene rings is 1. The van der Waals surface area contributed by atoms with E-state index in [1.54, 1.807) is 12.1 Å². The maximum atomic E-state index is 13.0. The first-order valence-electron chi connectivity index (χ1n) is 9.98. The summed E-state index contributed by atoms with van der Waals surface area (Å²) >= 11 is 0. The van der Waals surface area contributed by atoms with Gasteiger partial charge < -0.3 is 5.11 Å². The SMILES string of the molecule is CC(C)c1cc(/C=C2\C(=O)NC(=O)N(C3CCCC3)C2=O)cc(C(C)C)c1O. The molecule has 0 aromatic heterocycles. The summed E-state index contributed by atoms with van der Waals surface area (Å²) < 4.78 is 0. The maximum Gasteiger partial charge on any atom is 0.331 e. The van der Waals surface area contributed by atoms with E-state index < -0.39 is 17.8 Å². The Morgan fingerprint density at radius 2 is 1.57 bits per heavy atom. The van der Waals surface area contributed by atoms with Crippen molar-refractivity contribution in [1.29, 1.82) is 0 Å². The highest BCUT2D eigenvalue weighted by atomic mass is 16.3. The molecular weight excluding hydrogens is 356 g/mol. The van der Waals surface area contributed by atoms with Gasteiger partial charge in [0.1, 0.15) is 11.3 Å². The van der Waals surface area contributed by atoms with Crippen LogP contribution >= 0.6 is 0 Å². The molecule has 0 unspecified atom stereocenters. The second kappa shape index (κ2) is 7.78. The third kappa shape index (κ3) is 3.68. The molecule has 0 radical (unpaired) electrons. The Morgan fingerprint density at radius 1 is 1.04 bits per heavy atom. The van der Waals surface area contributed by atoms with E-state index in [0.717, 1.165) is 36.8 Å². The van der Waals surface area contributed by atoms with Crippen molar-refractivity contribution in [1.82, 2.24) is 10.2 Å². The molecule has 1 saturated carbocycles. The number of carbonyl (C=O) groups excluding carboxylic acids is 3. The fourth-order valence-corrected chi connectivity index (χ4v) is 4.00. The number of carbonyl (C=O) groups is 3. The Balaban J connectivity index is 2.04. The number of hydrogen-bond acceptors (Lipinski definition) is 4. The smallest absolute Gasteiger partial charge is 0.331 e. The summed E-state index contributed by atoms with van der Waals surface area (Å²) in [5.74, 6) is -0.777. The number of barbiturate groups is 1. The first kappa shape index (κ1) is 20.1. The van der Waals surface area contributed by atoms with Crippen molar-refractivity contribution in [3.05, 3.63) is 34.4 Å². The quantitative estimate of drug-likeness (QED) is 0.606. The molecule has 1 aliphatic carbocycles. The lowest BCUT2D eigenvalue weighted by atomic mass is 9.90. The standard InChI is InChI=1S/C22H28N2O4/c1-12(2)16-9-14(10-17(13(3)4)19(16)25)11-18-20(26)23-22(28)24(21(18)27)15-7-5-6-8-15/h9-13,15,25H,5-8H2,1-4H3,(H,23,26,28)/b18-11+. The monoisotopic (exact) mass is 384 g/mol. The molecule has 2 fully saturated rings. The minimum absolute atomic E-state index is 0.0402. The summed E-state index contributed by atoms with van der Waals surface area (Å²) in [7, 11) is 0. The molecule has 4 amide bonds. The minimum Gasteiger partial charge on any atom is -0.507 e. The molecule has 0 bridgehead atoms. The van der Waals surface area contributed by atoms with Crippen LogP contribution in [0.5, 0.6) is 5.75 Å². The summed E-state index contributed by atoms with van der Waals surface area (Å²) in [6.45, 7) is 7.92. The van der Waals surface area contributed by atoms with Gasteiger partial charge in [0.2, 0.25) is 0 Å². The Morgan fingerprint density at radius 3 is 2.07 bits per heavy atom. The molecule has 3 rings (SSSR count). The van der Waals surface area contributed by atoms with Gasteiger partial charge in [-0.05, 0) is 59.6 Å². The number of nitrogens with one attached hydrogen (secondary N) is 1. The second-order valence-electron chi connectivity index (χ2n) is 8.29. The Kier molecular flexibility index (Phi) is 5.59. The molecule has 2 aliphatic rings. The van der Waals surface area contributed by atoms with Crippen LogP contribution in [0, 0.1) is 0 Å². The van der Waals surface area contributed by atoms with Gasteiger partial charge in [-0.15, -0.1) is 0 Å². The van der Waals surface area contributed by atoms with Gasteiger partial charge in [0.15, 0.2) is 0 Å². The lowest BCUT2D eigenvalue weighted by Crippen LogP contribution is -2.57. The van der Waals surface area contributed by atoms with Crippen LogP contribution in [0.3, 0.4) is 0 Å². The van der Waals surface area contributed by atoms with Crippen LogP contribution < -0.4 is 5.32 Å². The molecule has 0 atom stereocenters. The third-order valence-corrected chi connectivity index (χ3v) is 5.57. The van der Waals surface area contributed by atoms with Crippen molar-refractivity contribution < 1.29 is 19.5 Å². The van der Waals surface area contributed by atoms with E-state index in [9.17, 15) is 19.5 Å². The first-order valence-corrected chi connectivity index (χ1v) is 9.98. The zero-order chi connectivity index (χ0) is 20.6. The average molecular weight is 384 g/mol. The first-order chi connectivity index (χ1) is 13.2. The fraction of sp³-hybridized carbons (Fsp3) is 0.500. The molecule has 1 aromatic carbocycles. The Labute approximate surface area is 165 Å². The van der Waals surface area contributed by atoms with Gasteiger partial charge in [-0.25, -0.2) is 4.79 Å². The van der Waals surface area contributed by atoms with Crippen LogP contribution in [-0.4, -0.2) is 33.9 Å². The van der Waals surface area contributed by atoms with Crippen LogP contribution in [-0.2, 0) is 9.59 Å². The number of urea groups is 1. The minimum atomic E-state index is -0.672. The molecule has 150 valence electrons. The van der Waals surface area contributed by atoms with E-state index in [2.05, 4.69) is 5.32 Å². The van der Waals surface area contributed by atoms with Crippen LogP contribution in [0.2, 0.25) is 0 Å². The summed E-state index contributed by atoms with van der Waals surface area (Å²) in [5, 5.41) is 12.9. The van der Waals surface area contributed by atoms with E-state index in [-0.39, 0.29) is 29.2 Å². The van der Waals surface area contributed by atoms with E-state index in [1.807, 2.05) is 27.7 Å². The van der Waals surface area contributed by atoms with Crippen LogP contribution in [0.4, 0.5) is 4.79 Å². The molecule has 28 heavy (non-hydrogen) atoms. The van der Waals surface area contributed by atoms with E-state index in [4.69, 9.17) is 0 Å². The summed E-state index contributed by atoms with van der Waals surface area (Å²) in [6, 6.07) is 2.82. The van der Waals surface area contributed by atoms with Crippen molar-refractivity contribution in [3.63, 3.8) is 0 Å². The zero-order valence-electron chi connectivity index (χ0n) is 16.9. The van der Waals surface area contributed by atoms with Crippen LogP contribution in [0.15, 0.2) is 17.7 Å². The van der Waals surface area contributed by atoms with Crippen molar-refractivity contribution in [2.24, 2.45) is 0 Å². The Hall–Kier alpha value is -2.63. The van der Waals surface area contributed by atoms with Gasteiger partial charge in [0, 0.05) is 6.04 Å². The molecule has 1 aromatic rings. The predicted molar refractivity (Wildman–Crippen MR) is 107 cm³/mol. The lowest BCUT2D eigenvalue weighted by Gasteiger charge is -2.31. The van der Waals surface area contributed by atoms with E-state index >= 15 is 0 Å². The lowest BCUT2D eigenvalue weighted by molar-refractivity contribution is -0.131. The molecule has 1 saturated heterocycles. The van der Waals surface area contributed by atoms with Gasteiger partial charge in [0.05, 0.1) is 0 Å². The van der Waals surface area contributed by atoms with Gasteiger partial charge in [0.25, 0.3) is 11.8 Å². The Bertz CT molecular complexity index is 819. The van der Waals surface area contributed by atoms with E-state index in [0.29, 0.717) is 5.56 Å². The third-order valence-electron chi connectivity index (χ3n) is 5.57. The number of aromatic hydroxyl groups is 1. The fourth-order valence-electron chi connectivity index (χ4n) is 4.00. The molecule has 1 heterocycles. The van der Waals surface area contributed by atoms with Crippen LogP contribution in [0.1, 0.15) is 81.9 Å². The summed E-state index contributed by atoms with van der Waals surface area (Å²) in [4.78, 5) is 38.8. The number of nitrogens with zero attached hydrogens (tertiary/aromatic N) is 1. The molecule has 0 spiro atoms. The molecule has 6 nitrogen and oxygen atoms in total. The maximum absolute atomic E-state index is 13.0. The van der Waals surface area contributed by atoms with Gasteiger partial charge in [-0.3, -0.25) is 19.8 Å². The van der Waals surface area contributed by atoms with Crippen molar-refractivity contribution in [2.45, 2.75) is 71.3 Å². The zero-order valence-corrected chi connectivity index (χ0v) is 16.9. The van der Waals surface area contributed by atoms with Gasteiger partial charge >= 0.3 is 6.03 Å². The van der Waals surface area contributed by atoms with Crippen molar-refractivity contribution >= 4 is 23.9 Å².